The summed E-state index contributed by atoms with van der Waals surface area (Å²) in [6.07, 6.45) is 6.97. The van der Waals surface area contributed by atoms with Gasteiger partial charge in [-0.3, -0.25) is 9.59 Å². The number of rotatable bonds is 12. The normalized spacial score (nSPS) is 14.1. The van der Waals surface area contributed by atoms with E-state index >= 15 is 0 Å². The lowest BCUT2D eigenvalue weighted by Gasteiger charge is -2.16. The molecule has 1 N–H and O–H groups in total. The molecular weight excluding hydrogens is 280 g/mol. The van der Waals surface area contributed by atoms with Gasteiger partial charge in [0.15, 0.2) is 0 Å². The zero-order valence-electron chi connectivity index (χ0n) is 11.9. The number of Topliss-reactive ketones (excluding diaryl/α,β-unsaturated/α-hetero) is 1. The van der Waals surface area contributed by atoms with Gasteiger partial charge in [-0.15, -0.1) is 0 Å². The number of unbranched alkanes of at least 4 members (excludes halogenated alkanes) is 1. The first kappa shape index (κ1) is 18.8. The van der Waals surface area contributed by atoms with Crippen LogP contribution < -0.4 is 0 Å². The largest absolute Gasteiger partial charge is 0.481 e. The Hall–Kier alpha value is -0.160. The molecule has 0 aromatic rings. The van der Waals surface area contributed by atoms with Crippen LogP contribution in [0.3, 0.4) is 0 Å². The number of carbonyl (C=O) groups excluding carboxylic acids is 1. The first-order chi connectivity index (χ1) is 8.97. The second kappa shape index (κ2) is 11.6. The molecule has 0 aliphatic heterocycles. The molecule has 0 heterocycles. The van der Waals surface area contributed by atoms with Gasteiger partial charge >= 0.3 is 5.97 Å². The van der Waals surface area contributed by atoms with Crippen LogP contribution in [-0.2, 0) is 9.59 Å². The van der Waals surface area contributed by atoms with E-state index < -0.39 is 5.97 Å². The van der Waals surface area contributed by atoms with Crippen molar-refractivity contribution in [2.75, 3.05) is 12.0 Å². The first-order valence-electron chi connectivity index (χ1n) is 6.88. The van der Waals surface area contributed by atoms with Gasteiger partial charge in [-0.05, 0) is 42.9 Å². The SMILES string of the molecule is CSCCC(=O)C(CCCCC(=O)O)CCC(C)S. The second-order valence-electron chi connectivity index (χ2n) is 4.97. The van der Waals surface area contributed by atoms with E-state index in [0.717, 1.165) is 31.4 Å². The van der Waals surface area contributed by atoms with Crippen LogP contribution in [0.2, 0.25) is 0 Å². The van der Waals surface area contributed by atoms with E-state index in [1.54, 1.807) is 11.8 Å². The highest BCUT2D eigenvalue weighted by Gasteiger charge is 2.18. The van der Waals surface area contributed by atoms with Crippen molar-refractivity contribution in [1.82, 2.24) is 0 Å². The van der Waals surface area contributed by atoms with Gasteiger partial charge < -0.3 is 5.11 Å². The maximum Gasteiger partial charge on any atom is 0.303 e. The monoisotopic (exact) mass is 306 g/mol. The van der Waals surface area contributed by atoms with Gasteiger partial charge in [-0.25, -0.2) is 0 Å². The fourth-order valence-corrected chi connectivity index (χ4v) is 2.54. The van der Waals surface area contributed by atoms with Gasteiger partial charge in [-0.1, -0.05) is 13.3 Å². The summed E-state index contributed by atoms with van der Waals surface area (Å²) in [4.78, 5) is 22.5. The Balaban J connectivity index is 4.08. The Bertz CT molecular complexity index is 267. The summed E-state index contributed by atoms with van der Waals surface area (Å²) in [6.45, 7) is 2.04. The fraction of sp³-hybridized carbons (Fsp3) is 0.857. The average Bonchev–Trinajstić information content (AvgIpc) is 2.34. The quantitative estimate of drug-likeness (QED) is 0.427. The van der Waals surface area contributed by atoms with E-state index in [2.05, 4.69) is 12.6 Å². The number of aliphatic carboxylic acids is 1. The third kappa shape index (κ3) is 11.4. The molecule has 0 saturated heterocycles. The summed E-state index contributed by atoms with van der Waals surface area (Å²) in [5, 5.41) is 8.92. The van der Waals surface area contributed by atoms with Crippen LogP contribution in [0.25, 0.3) is 0 Å². The van der Waals surface area contributed by atoms with Crippen LogP contribution in [0.15, 0.2) is 0 Å². The Morgan fingerprint density at radius 3 is 2.37 bits per heavy atom. The number of carbonyl (C=O) groups is 2. The van der Waals surface area contributed by atoms with Gasteiger partial charge in [0.25, 0.3) is 0 Å². The predicted molar refractivity (Wildman–Crippen MR) is 85.3 cm³/mol. The van der Waals surface area contributed by atoms with Gasteiger partial charge in [-0.2, -0.15) is 24.4 Å². The third-order valence-electron chi connectivity index (χ3n) is 3.13. The van der Waals surface area contributed by atoms with Crippen LogP contribution in [0.4, 0.5) is 0 Å². The third-order valence-corrected chi connectivity index (χ3v) is 4.00. The van der Waals surface area contributed by atoms with E-state index in [-0.39, 0.29) is 12.3 Å². The predicted octanol–water partition coefficient (Wildman–Crippen LogP) is 3.67. The maximum atomic E-state index is 12.1. The lowest BCUT2D eigenvalue weighted by atomic mass is 9.90. The minimum atomic E-state index is -0.755. The van der Waals surface area contributed by atoms with Crippen molar-refractivity contribution in [2.45, 2.75) is 57.1 Å². The topological polar surface area (TPSA) is 54.4 Å². The first-order valence-corrected chi connectivity index (χ1v) is 8.80. The van der Waals surface area contributed by atoms with Crippen molar-refractivity contribution in [3.8, 4) is 0 Å². The molecule has 0 aromatic carbocycles. The van der Waals surface area contributed by atoms with Crippen molar-refractivity contribution in [2.24, 2.45) is 5.92 Å². The van der Waals surface area contributed by atoms with Gasteiger partial charge in [0.1, 0.15) is 5.78 Å². The summed E-state index contributed by atoms with van der Waals surface area (Å²) >= 11 is 6.05. The Kier molecular flexibility index (Phi) is 11.6. The average molecular weight is 306 g/mol. The van der Waals surface area contributed by atoms with Crippen molar-refractivity contribution >= 4 is 36.1 Å². The molecule has 2 unspecified atom stereocenters. The molecule has 112 valence electrons. The van der Waals surface area contributed by atoms with Gasteiger partial charge in [0, 0.05) is 18.8 Å². The number of carboxylic acid groups (broad SMARTS) is 1. The smallest absolute Gasteiger partial charge is 0.303 e. The standard InChI is InChI=1S/C14H26O3S2/c1-11(18)7-8-12(13(15)9-10-19-2)5-3-4-6-14(16)17/h11-12,18H,3-10H2,1-2H3,(H,16,17). The number of ketones is 1. The van der Waals surface area contributed by atoms with Gasteiger partial charge in [0.2, 0.25) is 0 Å². The Morgan fingerprint density at radius 2 is 1.84 bits per heavy atom. The lowest BCUT2D eigenvalue weighted by Crippen LogP contribution is -2.16. The molecule has 0 amide bonds. The highest BCUT2D eigenvalue weighted by molar-refractivity contribution is 7.98. The van der Waals surface area contributed by atoms with Crippen LogP contribution in [0.1, 0.15) is 51.9 Å². The van der Waals surface area contributed by atoms with E-state index in [4.69, 9.17) is 5.11 Å². The van der Waals surface area contributed by atoms with Crippen molar-refractivity contribution in [3.05, 3.63) is 0 Å². The molecule has 0 rings (SSSR count). The minimum absolute atomic E-state index is 0.0931. The van der Waals surface area contributed by atoms with Crippen molar-refractivity contribution in [3.63, 3.8) is 0 Å². The van der Waals surface area contributed by atoms with Gasteiger partial charge in [0.05, 0.1) is 0 Å². The summed E-state index contributed by atoms with van der Waals surface area (Å²) in [7, 11) is 0. The zero-order valence-corrected chi connectivity index (χ0v) is 13.6. The summed E-state index contributed by atoms with van der Waals surface area (Å²) in [6, 6.07) is 0. The maximum absolute atomic E-state index is 12.1. The van der Waals surface area contributed by atoms with Crippen LogP contribution in [0, 0.1) is 5.92 Å². The molecule has 0 spiro atoms. The zero-order chi connectivity index (χ0) is 14.7. The number of hydrogen-bond donors (Lipinski definition) is 2. The molecule has 0 fully saturated rings. The molecule has 2 atom stereocenters. The molecule has 0 radical (unpaired) electrons. The minimum Gasteiger partial charge on any atom is -0.481 e. The van der Waals surface area contributed by atoms with E-state index in [0.29, 0.717) is 23.9 Å². The van der Waals surface area contributed by atoms with E-state index in [1.165, 1.54) is 0 Å². The summed E-state index contributed by atoms with van der Waals surface area (Å²) in [5.74, 6) is 0.546. The van der Waals surface area contributed by atoms with Crippen LogP contribution in [0.5, 0.6) is 0 Å². The molecule has 5 heteroatoms. The molecule has 0 bridgehead atoms. The number of thioether (sulfide) groups is 1. The lowest BCUT2D eigenvalue weighted by molar-refractivity contribution is -0.137. The molecule has 0 aromatic heterocycles. The number of thiol groups is 1. The molecular formula is C14H26O3S2. The molecule has 3 nitrogen and oxygen atoms in total. The summed E-state index contributed by atoms with van der Waals surface area (Å²) < 4.78 is 0. The second-order valence-corrected chi connectivity index (χ2v) is 6.84. The highest BCUT2D eigenvalue weighted by Crippen LogP contribution is 2.21. The van der Waals surface area contributed by atoms with Crippen molar-refractivity contribution < 1.29 is 14.7 Å². The van der Waals surface area contributed by atoms with Crippen LogP contribution >= 0.6 is 24.4 Å². The number of hydrogen-bond acceptors (Lipinski definition) is 4. The Morgan fingerprint density at radius 1 is 1.16 bits per heavy atom. The number of carboxylic acids is 1. The van der Waals surface area contributed by atoms with Crippen molar-refractivity contribution in [1.29, 1.82) is 0 Å². The molecule has 0 aliphatic rings. The highest BCUT2D eigenvalue weighted by atomic mass is 32.2. The Labute approximate surface area is 126 Å². The van der Waals surface area contributed by atoms with Crippen LogP contribution in [-0.4, -0.2) is 34.1 Å². The van der Waals surface area contributed by atoms with E-state index in [1.807, 2.05) is 13.2 Å². The fourth-order valence-electron chi connectivity index (χ4n) is 1.98. The molecule has 0 saturated carbocycles. The molecule has 19 heavy (non-hydrogen) atoms. The molecule has 0 aliphatic carbocycles. The summed E-state index contributed by atoms with van der Waals surface area (Å²) in [5.41, 5.74) is 0. The van der Waals surface area contributed by atoms with E-state index in [9.17, 15) is 9.59 Å².